The fraction of sp³-hybridized carbons (Fsp3) is 0.417. The van der Waals surface area contributed by atoms with Crippen molar-refractivity contribution in [2.45, 2.75) is 25.8 Å². The van der Waals surface area contributed by atoms with Gasteiger partial charge in [0.2, 0.25) is 0 Å². The van der Waals surface area contributed by atoms with Crippen LogP contribution in [0.3, 0.4) is 0 Å². The number of aromatic hydroxyl groups is 1. The smallest absolute Gasteiger partial charge is 0.255 e. The zero-order valence-corrected chi connectivity index (χ0v) is 20.5. The minimum absolute atomic E-state index is 0.0827. The van der Waals surface area contributed by atoms with Crippen molar-refractivity contribution in [2.75, 3.05) is 26.0 Å². The largest absolute Gasteiger partial charge is 0.511 e. The minimum atomic E-state index is -1.14. The highest BCUT2D eigenvalue weighted by Gasteiger charge is 2.51. The molecular weight excluding hydrogens is 472 g/mol. The number of aliphatic hydroxyl groups is 2. The van der Waals surface area contributed by atoms with E-state index in [1.54, 1.807) is 7.05 Å². The molecule has 0 spiro atoms. The first-order valence-corrected chi connectivity index (χ1v) is 11.6. The predicted octanol–water partition coefficient (Wildman–Crippen LogP) is 0.969. The third-order valence-electron chi connectivity index (χ3n) is 7.09. The number of aliphatic hydroxyl groups excluding tert-OH is 2. The van der Waals surface area contributed by atoms with Crippen molar-refractivity contribution in [3.05, 3.63) is 39.7 Å². The minimum Gasteiger partial charge on any atom is -0.511 e. The second kappa shape index (κ2) is 8.88. The first kappa shape index (κ1) is 24.5. The van der Waals surface area contributed by atoms with Crippen LogP contribution in [0.15, 0.2) is 23.0 Å². The second-order valence-corrected chi connectivity index (χ2v) is 9.75. The van der Waals surface area contributed by atoms with Gasteiger partial charge in [0.25, 0.3) is 5.91 Å². The number of fused-ring (bicyclic) bond motifs is 3. The average molecular weight is 501 g/mol. The number of nitrogens with one attached hydrogen (secondary N) is 2. The van der Waals surface area contributed by atoms with Crippen LogP contribution < -0.4 is 21.3 Å². The molecule has 3 atom stereocenters. The van der Waals surface area contributed by atoms with Gasteiger partial charge in [0.15, 0.2) is 16.7 Å². The van der Waals surface area contributed by atoms with Crippen molar-refractivity contribution in [3.8, 4) is 5.75 Å². The first-order chi connectivity index (χ1) is 16.5. The molecule has 1 unspecified atom stereocenters. The van der Waals surface area contributed by atoms with Crippen LogP contribution in [-0.2, 0) is 27.3 Å². The van der Waals surface area contributed by atoms with E-state index >= 15 is 0 Å². The zero-order valence-electron chi connectivity index (χ0n) is 19.6. The number of rotatable bonds is 4. The molecule has 3 aliphatic rings. The Bertz CT molecular complexity index is 1230. The molecule has 1 aromatic rings. The molecule has 0 heterocycles. The lowest BCUT2D eigenvalue weighted by molar-refractivity contribution is -0.127. The van der Waals surface area contributed by atoms with Crippen molar-refractivity contribution in [1.82, 2.24) is 10.6 Å². The summed E-state index contributed by atoms with van der Waals surface area (Å²) in [6, 6.07) is 1.81. The number of phenols is 1. The van der Waals surface area contributed by atoms with Gasteiger partial charge in [-0.15, -0.1) is 0 Å². The third kappa shape index (κ3) is 3.89. The Morgan fingerprint density at radius 1 is 1.23 bits per heavy atom. The van der Waals surface area contributed by atoms with E-state index in [0.29, 0.717) is 29.1 Å². The molecule has 3 aliphatic carbocycles. The Kier molecular flexibility index (Phi) is 6.22. The van der Waals surface area contributed by atoms with E-state index in [2.05, 4.69) is 10.6 Å². The molecule has 11 heteroatoms. The van der Waals surface area contributed by atoms with Gasteiger partial charge >= 0.3 is 0 Å². The number of amides is 1. The van der Waals surface area contributed by atoms with Crippen LogP contribution in [0.2, 0.25) is 0 Å². The molecule has 0 bridgehead atoms. The highest BCUT2D eigenvalue weighted by atomic mass is 32.1. The molecule has 1 amide bonds. The quantitative estimate of drug-likeness (QED) is 0.259. The summed E-state index contributed by atoms with van der Waals surface area (Å²) in [5, 5.41) is 39.2. The number of anilines is 1. The fourth-order valence-corrected chi connectivity index (χ4v) is 5.61. The number of hydrogen-bond acceptors (Lipinski definition) is 8. The number of ketones is 2. The molecule has 1 saturated carbocycles. The number of hydrogen-bond donors (Lipinski definition) is 6. The van der Waals surface area contributed by atoms with E-state index in [-0.39, 0.29) is 35.6 Å². The highest BCUT2D eigenvalue weighted by Crippen LogP contribution is 2.52. The molecule has 0 aromatic heterocycles. The van der Waals surface area contributed by atoms with Crippen LogP contribution in [0.4, 0.5) is 5.69 Å². The van der Waals surface area contributed by atoms with Gasteiger partial charge in [-0.2, -0.15) is 0 Å². The van der Waals surface area contributed by atoms with Gasteiger partial charge in [-0.25, -0.2) is 0 Å². The summed E-state index contributed by atoms with van der Waals surface area (Å²) >= 11 is 5.12. The lowest BCUT2D eigenvalue weighted by Crippen LogP contribution is -2.44. The topological polar surface area (TPSA) is 165 Å². The summed E-state index contributed by atoms with van der Waals surface area (Å²) in [6.45, 7) is 0.178. The maximum Gasteiger partial charge on any atom is 0.255 e. The van der Waals surface area contributed by atoms with E-state index in [1.807, 2.05) is 25.1 Å². The van der Waals surface area contributed by atoms with Gasteiger partial charge in [-0.1, -0.05) is 0 Å². The number of Topliss-reactive ketones (excluding diaryl/α,β-unsaturated/α-hetero) is 2. The van der Waals surface area contributed by atoms with E-state index in [0.717, 1.165) is 5.69 Å². The number of carbonyl (C=O) groups is 3. The highest BCUT2D eigenvalue weighted by molar-refractivity contribution is 7.80. The van der Waals surface area contributed by atoms with E-state index in [9.17, 15) is 29.7 Å². The Labute approximate surface area is 207 Å². The monoisotopic (exact) mass is 500 g/mol. The molecule has 0 aliphatic heterocycles. The maximum absolute atomic E-state index is 13.6. The van der Waals surface area contributed by atoms with E-state index in [4.69, 9.17) is 18.0 Å². The Balaban J connectivity index is 1.86. The van der Waals surface area contributed by atoms with Crippen molar-refractivity contribution >= 4 is 46.3 Å². The normalized spacial score (nSPS) is 23.3. The van der Waals surface area contributed by atoms with Gasteiger partial charge < -0.3 is 36.6 Å². The molecule has 1 fully saturated rings. The average Bonchev–Trinajstić information content (AvgIpc) is 2.77. The van der Waals surface area contributed by atoms with Crippen molar-refractivity contribution in [3.63, 3.8) is 0 Å². The van der Waals surface area contributed by atoms with Crippen LogP contribution in [0.25, 0.3) is 5.76 Å². The summed E-state index contributed by atoms with van der Waals surface area (Å²) in [4.78, 5) is 39.6. The molecule has 0 saturated heterocycles. The summed E-state index contributed by atoms with van der Waals surface area (Å²) in [5.41, 5.74) is 6.88. The van der Waals surface area contributed by atoms with Crippen molar-refractivity contribution < 1.29 is 29.7 Å². The van der Waals surface area contributed by atoms with Gasteiger partial charge in [-0.3, -0.25) is 14.4 Å². The summed E-state index contributed by atoms with van der Waals surface area (Å²) in [7, 11) is 5.35. The summed E-state index contributed by atoms with van der Waals surface area (Å²) < 4.78 is 0. The number of thiocarbonyl (C=S) groups is 1. The number of carbonyl (C=O) groups excluding carboxylic acids is 3. The first-order valence-electron chi connectivity index (χ1n) is 11.2. The predicted molar refractivity (Wildman–Crippen MR) is 133 cm³/mol. The second-order valence-electron chi connectivity index (χ2n) is 9.34. The SMILES string of the molecule is CNC(=S)NCc1cc(N(C)C)c2c(c1O)C(O)=C1C(=O)C3C(O)=C(C(N)=O)C(=O)C[C@@H]3C[C@@H]1C2. The van der Waals surface area contributed by atoms with Crippen LogP contribution in [-0.4, -0.2) is 59.0 Å². The number of nitrogens with two attached hydrogens (primary N) is 1. The number of nitrogens with zero attached hydrogens (tertiary/aromatic N) is 1. The number of benzene rings is 1. The molecule has 35 heavy (non-hydrogen) atoms. The Hall–Kier alpha value is -3.60. The molecule has 186 valence electrons. The van der Waals surface area contributed by atoms with E-state index in [1.165, 1.54) is 0 Å². The Morgan fingerprint density at radius 3 is 2.51 bits per heavy atom. The zero-order chi connectivity index (χ0) is 25.8. The third-order valence-corrected chi connectivity index (χ3v) is 7.44. The van der Waals surface area contributed by atoms with Crippen LogP contribution in [0, 0.1) is 17.8 Å². The lowest BCUT2D eigenvalue weighted by atomic mass is 9.61. The molecule has 0 radical (unpaired) electrons. The van der Waals surface area contributed by atoms with Crippen LogP contribution in [0.1, 0.15) is 29.5 Å². The fourth-order valence-electron chi connectivity index (χ4n) is 5.54. The summed E-state index contributed by atoms with van der Waals surface area (Å²) in [6.07, 6.45) is 0.622. The molecule has 10 nitrogen and oxygen atoms in total. The number of allylic oxidation sites excluding steroid dienone is 2. The molecule has 4 rings (SSSR count). The van der Waals surface area contributed by atoms with Gasteiger partial charge in [0, 0.05) is 50.9 Å². The number of phenolic OH excluding ortho intramolecular Hbond substituents is 1. The lowest BCUT2D eigenvalue weighted by Gasteiger charge is -2.41. The molecule has 7 N–H and O–H groups in total. The standard InChI is InChI=1S/C24H28N4O6S/c1-26-24(35)27-8-11-6-13(28(2)3)12-5-9-4-10-7-14(29)18(23(25)34)22(33)16(10)20(31)15(9)21(32)17(12)19(11)30/h6,9-10,16,30,32-33H,4-5,7-8H2,1-3H3,(H2,25,34)(H2,26,27,35)/t9-,10+,16?/m1/s1. The van der Waals surface area contributed by atoms with Gasteiger partial charge in [0.1, 0.15) is 22.8 Å². The van der Waals surface area contributed by atoms with Crippen molar-refractivity contribution in [1.29, 1.82) is 0 Å². The summed E-state index contributed by atoms with van der Waals surface area (Å²) in [5.74, 6) is -5.46. The molecule has 1 aromatic carbocycles. The van der Waals surface area contributed by atoms with Crippen LogP contribution >= 0.6 is 12.2 Å². The maximum atomic E-state index is 13.6. The molecular formula is C24H28N4O6S. The number of primary amides is 1. The van der Waals surface area contributed by atoms with E-state index < -0.39 is 46.6 Å². The van der Waals surface area contributed by atoms with Crippen LogP contribution in [0.5, 0.6) is 5.75 Å². The van der Waals surface area contributed by atoms with Crippen molar-refractivity contribution in [2.24, 2.45) is 23.5 Å². The van der Waals surface area contributed by atoms with Gasteiger partial charge in [-0.05, 0) is 48.5 Å². The Morgan fingerprint density at radius 2 is 1.91 bits per heavy atom. The van der Waals surface area contributed by atoms with Gasteiger partial charge in [0.05, 0.1) is 11.5 Å².